The predicted octanol–water partition coefficient (Wildman–Crippen LogP) is 0.983. The summed E-state index contributed by atoms with van der Waals surface area (Å²) in [6, 6.07) is 9.64. The Kier molecular flexibility index (Phi) is 2.38. The number of benzene rings is 1. The molecule has 19 heavy (non-hydrogen) atoms. The third kappa shape index (κ3) is 1.77. The molecule has 0 saturated heterocycles. The predicted molar refractivity (Wildman–Crippen MR) is 71.7 cm³/mol. The Morgan fingerprint density at radius 3 is 2.74 bits per heavy atom. The van der Waals surface area contributed by atoms with Crippen molar-refractivity contribution in [3.63, 3.8) is 0 Å². The number of anilines is 1. The van der Waals surface area contributed by atoms with Crippen LogP contribution in [-0.2, 0) is 10.5 Å². The standard InChI is InChI=1S/C13H13N5O/c1-13(8-5-3-2-4-6-8)17-9(11(14)19)10-12(18-13)16-7-15-10/h2-7,18H,1H3,(H2,14,19)(H,15,16). The van der Waals surface area contributed by atoms with Crippen molar-refractivity contribution < 1.29 is 4.79 Å². The van der Waals surface area contributed by atoms with Crippen molar-refractivity contribution >= 4 is 17.4 Å². The van der Waals surface area contributed by atoms with Crippen LogP contribution in [0.2, 0.25) is 0 Å². The normalized spacial score (nSPS) is 21.2. The third-order valence-electron chi connectivity index (χ3n) is 3.14. The van der Waals surface area contributed by atoms with Crippen LogP contribution in [0.1, 0.15) is 18.2 Å². The van der Waals surface area contributed by atoms with Gasteiger partial charge < -0.3 is 16.0 Å². The molecule has 0 fully saturated rings. The van der Waals surface area contributed by atoms with Gasteiger partial charge in [-0.3, -0.25) is 4.79 Å². The van der Waals surface area contributed by atoms with E-state index in [-0.39, 0.29) is 5.71 Å². The van der Waals surface area contributed by atoms with Gasteiger partial charge in [0.05, 0.1) is 6.33 Å². The number of aromatic nitrogens is 2. The first kappa shape index (κ1) is 11.5. The molecule has 1 aromatic heterocycles. The first-order valence-electron chi connectivity index (χ1n) is 5.87. The van der Waals surface area contributed by atoms with Gasteiger partial charge in [0.2, 0.25) is 0 Å². The molecule has 1 atom stereocenters. The topological polar surface area (TPSA) is 96.2 Å². The van der Waals surface area contributed by atoms with E-state index in [0.717, 1.165) is 5.56 Å². The molecule has 1 aliphatic rings. The highest BCUT2D eigenvalue weighted by Crippen LogP contribution is 2.32. The summed E-state index contributed by atoms with van der Waals surface area (Å²) in [5.41, 5.74) is 6.31. The summed E-state index contributed by atoms with van der Waals surface area (Å²) < 4.78 is 0. The van der Waals surface area contributed by atoms with E-state index in [1.54, 1.807) is 0 Å². The van der Waals surface area contributed by atoms with Crippen LogP contribution >= 0.6 is 0 Å². The van der Waals surface area contributed by atoms with Gasteiger partial charge in [-0.15, -0.1) is 0 Å². The van der Waals surface area contributed by atoms with Gasteiger partial charge in [0.25, 0.3) is 5.91 Å². The van der Waals surface area contributed by atoms with Crippen molar-refractivity contribution in [2.24, 2.45) is 10.7 Å². The average molecular weight is 255 g/mol. The van der Waals surface area contributed by atoms with Gasteiger partial charge in [-0.2, -0.15) is 0 Å². The third-order valence-corrected chi connectivity index (χ3v) is 3.14. The van der Waals surface area contributed by atoms with Gasteiger partial charge in [-0.1, -0.05) is 30.3 Å². The molecule has 1 unspecified atom stereocenters. The number of aliphatic imine (C=N–C) groups is 1. The van der Waals surface area contributed by atoms with E-state index in [0.29, 0.717) is 11.5 Å². The summed E-state index contributed by atoms with van der Waals surface area (Å²) in [4.78, 5) is 23.0. The molecule has 1 aromatic carbocycles. The molecule has 6 heteroatoms. The van der Waals surface area contributed by atoms with Gasteiger partial charge in [0.1, 0.15) is 5.69 Å². The fourth-order valence-electron chi connectivity index (χ4n) is 2.19. The molecule has 1 aliphatic heterocycles. The van der Waals surface area contributed by atoms with E-state index >= 15 is 0 Å². The molecule has 0 bridgehead atoms. The molecule has 0 saturated carbocycles. The monoisotopic (exact) mass is 255 g/mol. The van der Waals surface area contributed by atoms with Gasteiger partial charge in [-0.25, -0.2) is 9.98 Å². The number of hydrogen-bond acceptors (Lipinski definition) is 4. The molecule has 1 amide bonds. The summed E-state index contributed by atoms with van der Waals surface area (Å²) >= 11 is 0. The van der Waals surface area contributed by atoms with Crippen LogP contribution in [0.4, 0.5) is 5.82 Å². The quantitative estimate of drug-likeness (QED) is 0.746. The second kappa shape index (κ2) is 3.94. The number of imidazole rings is 1. The number of nitrogens with zero attached hydrogens (tertiary/aromatic N) is 2. The maximum absolute atomic E-state index is 11.6. The lowest BCUT2D eigenvalue weighted by atomic mass is 9.99. The second-order valence-corrected chi connectivity index (χ2v) is 4.51. The lowest BCUT2D eigenvalue weighted by Gasteiger charge is -2.31. The van der Waals surface area contributed by atoms with Crippen LogP contribution < -0.4 is 11.1 Å². The number of nitrogens with two attached hydrogens (primary N) is 1. The molecule has 96 valence electrons. The number of H-pyrrole nitrogens is 1. The Morgan fingerprint density at radius 1 is 1.32 bits per heavy atom. The minimum atomic E-state index is -0.756. The second-order valence-electron chi connectivity index (χ2n) is 4.51. The Labute approximate surface area is 109 Å². The van der Waals surface area contributed by atoms with Crippen LogP contribution in [0, 0.1) is 0 Å². The van der Waals surface area contributed by atoms with E-state index in [1.807, 2.05) is 37.3 Å². The van der Waals surface area contributed by atoms with Crippen molar-refractivity contribution in [2.75, 3.05) is 5.32 Å². The first-order valence-corrected chi connectivity index (χ1v) is 5.87. The summed E-state index contributed by atoms with van der Waals surface area (Å²) in [6.07, 6.45) is 1.51. The molecule has 6 nitrogen and oxygen atoms in total. The average Bonchev–Trinajstić information content (AvgIpc) is 2.86. The zero-order chi connectivity index (χ0) is 13.5. The highest BCUT2D eigenvalue weighted by molar-refractivity contribution is 6.45. The van der Waals surface area contributed by atoms with Crippen LogP contribution in [0.15, 0.2) is 41.7 Å². The lowest BCUT2D eigenvalue weighted by Crippen LogP contribution is -2.39. The number of primary amides is 1. The fourth-order valence-corrected chi connectivity index (χ4v) is 2.19. The number of fused-ring (bicyclic) bond motifs is 1. The molecule has 3 rings (SSSR count). The smallest absolute Gasteiger partial charge is 0.269 e. The van der Waals surface area contributed by atoms with E-state index in [4.69, 9.17) is 5.73 Å². The molecular weight excluding hydrogens is 242 g/mol. The zero-order valence-corrected chi connectivity index (χ0v) is 10.3. The Morgan fingerprint density at radius 2 is 2.05 bits per heavy atom. The van der Waals surface area contributed by atoms with Crippen molar-refractivity contribution in [1.29, 1.82) is 0 Å². The SMILES string of the molecule is CC1(c2ccccc2)N=C(C(N)=O)c2[nH]cnc2N1. The molecular formula is C13H13N5O. The highest BCUT2D eigenvalue weighted by Gasteiger charge is 2.35. The molecule has 2 heterocycles. The summed E-state index contributed by atoms with van der Waals surface area (Å²) in [7, 11) is 0. The lowest BCUT2D eigenvalue weighted by molar-refractivity contribution is -0.112. The number of aromatic amines is 1. The highest BCUT2D eigenvalue weighted by atomic mass is 16.1. The molecule has 4 N–H and O–H groups in total. The Bertz CT molecular complexity index is 661. The van der Waals surface area contributed by atoms with Crippen molar-refractivity contribution in [1.82, 2.24) is 9.97 Å². The van der Waals surface area contributed by atoms with E-state index < -0.39 is 11.6 Å². The first-order chi connectivity index (χ1) is 9.10. The number of hydrogen-bond donors (Lipinski definition) is 3. The van der Waals surface area contributed by atoms with E-state index in [9.17, 15) is 4.79 Å². The van der Waals surface area contributed by atoms with Crippen LogP contribution in [0.3, 0.4) is 0 Å². The largest absolute Gasteiger partial charge is 0.364 e. The Hall–Kier alpha value is -2.63. The summed E-state index contributed by atoms with van der Waals surface area (Å²) in [5, 5.41) is 3.22. The minimum absolute atomic E-state index is 0.206. The zero-order valence-electron chi connectivity index (χ0n) is 10.3. The number of nitrogens with one attached hydrogen (secondary N) is 2. The van der Waals surface area contributed by atoms with E-state index in [2.05, 4.69) is 20.3 Å². The number of carbonyl (C=O) groups is 1. The molecule has 0 radical (unpaired) electrons. The summed E-state index contributed by atoms with van der Waals surface area (Å²) in [6.45, 7) is 1.88. The van der Waals surface area contributed by atoms with Crippen LogP contribution in [0.5, 0.6) is 0 Å². The van der Waals surface area contributed by atoms with Gasteiger partial charge in [-0.05, 0) is 12.5 Å². The van der Waals surface area contributed by atoms with Crippen LogP contribution in [0.25, 0.3) is 0 Å². The Balaban J connectivity index is 2.16. The number of rotatable bonds is 2. The minimum Gasteiger partial charge on any atom is -0.364 e. The van der Waals surface area contributed by atoms with Gasteiger partial charge >= 0.3 is 0 Å². The van der Waals surface area contributed by atoms with Crippen LogP contribution in [-0.4, -0.2) is 21.6 Å². The maximum Gasteiger partial charge on any atom is 0.269 e. The van der Waals surface area contributed by atoms with Crippen molar-refractivity contribution in [3.8, 4) is 0 Å². The van der Waals surface area contributed by atoms with Crippen molar-refractivity contribution in [2.45, 2.75) is 12.6 Å². The summed E-state index contributed by atoms with van der Waals surface area (Å²) in [5.74, 6) is 0.00399. The number of carbonyl (C=O) groups excluding carboxylic acids is 1. The van der Waals surface area contributed by atoms with E-state index in [1.165, 1.54) is 6.33 Å². The van der Waals surface area contributed by atoms with Gasteiger partial charge in [0, 0.05) is 0 Å². The molecule has 0 aliphatic carbocycles. The number of amides is 1. The molecule has 0 spiro atoms. The van der Waals surface area contributed by atoms with Crippen molar-refractivity contribution in [3.05, 3.63) is 47.9 Å². The molecule has 2 aromatic rings. The maximum atomic E-state index is 11.6. The van der Waals surface area contributed by atoms with Gasteiger partial charge in [0.15, 0.2) is 17.2 Å². The fraction of sp³-hybridized carbons (Fsp3) is 0.154.